The molecule has 0 radical (unpaired) electrons. The molecule has 4 heterocycles. The second-order valence-corrected chi connectivity index (χ2v) is 8.67. The highest BCUT2D eigenvalue weighted by Gasteiger charge is 2.11. The van der Waals surface area contributed by atoms with Crippen molar-refractivity contribution in [2.75, 3.05) is 0 Å². The summed E-state index contributed by atoms with van der Waals surface area (Å²) in [7, 11) is 0. The molecule has 8 nitrogen and oxygen atoms in total. The van der Waals surface area contributed by atoms with Gasteiger partial charge in [-0.1, -0.05) is 74.9 Å². The maximum Gasteiger partial charge on any atom is 0.131 e. The minimum Gasteiger partial charge on any atom is -0.252 e. The van der Waals surface area contributed by atoms with Gasteiger partial charge < -0.3 is 0 Å². The minimum atomic E-state index is 0.777. The van der Waals surface area contributed by atoms with E-state index >= 15 is 0 Å². The van der Waals surface area contributed by atoms with Gasteiger partial charge in [0.05, 0.1) is 35.2 Å². The quantitative estimate of drug-likeness (QED) is 0.235. The van der Waals surface area contributed by atoms with Crippen molar-refractivity contribution in [1.29, 1.82) is 0 Å². The van der Waals surface area contributed by atoms with E-state index in [-0.39, 0.29) is 0 Å². The number of pyridine rings is 2. The van der Waals surface area contributed by atoms with Crippen molar-refractivity contribution in [1.82, 2.24) is 40.0 Å². The van der Waals surface area contributed by atoms with E-state index in [1.54, 1.807) is 0 Å². The molecule has 4 rings (SSSR count). The Labute approximate surface area is 201 Å². The number of rotatable bonds is 13. The predicted molar refractivity (Wildman–Crippen MR) is 134 cm³/mol. The fraction of sp³-hybridized carbons (Fsp3) is 0.462. The maximum absolute atomic E-state index is 4.81. The molecule has 0 aromatic carbocycles. The zero-order valence-corrected chi connectivity index (χ0v) is 20.3. The lowest BCUT2D eigenvalue weighted by molar-refractivity contribution is 0.527. The first-order valence-electron chi connectivity index (χ1n) is 12.5. The number of aryl methyl sites for hydroxylation is 2. The third-order valence-electron chi connectivity index (χ3n) is 5.84. The van der Waals surface area contributed by atoms with E-state index in [4.69, 9.17) is 9.97 Å². The molecule has 0 amide bonds. The first-order chi connectivity index (χ1) is 16.8. The van der Waals surface area contributed by atoms with Gasteiger partial charge in [-0.25, -0.2) is 9.97 Å². The zero-order chi connectivity index (χ0) is 23.6. The lowest BCUT2D eigenvalue weighted by Crippen LogP contribution is -1.98. The van der Waals surface area contributed by atoms with Gasteiger partial charge in [-0.15, -0.1) is 10.2 Å². The Balaban J connectivity index is 1.46. The third-order valence-corrected chi connectivity index (χ3v) is 5.84. The van der Waals surface area contributed by atoms with Crippen LogP contribution < -0.4 is 0 Å². The molecule has 0 unspecified atom stereocenters. The third kappa shape index (κ3) is 6.34. The Kier molecular flexibility index (Phi) is 8.48. The SMILES string of the molecule is CCCCCCn1cc(-c2cccc(-c3cccc(-c4cn(CCCCCC)nn4)n3)n2)nn1. The van der Waals surface area contributed by atoms with Crippen molar-refractivity contribution in [2.45, 2.75) is 78.3 Å². The van der Waals surface area contributed by atoms with Gasteiger partial charge in [0.1, 0.15) is 11.4 Å². The van der Waals surface area contributed by atoms with Crippen LogP contribution in [-0.4, -0.2) is 40.0 Å². The van der Waals surface area contributed by atoms with Crippen LogP contribution in [0.25, 0.3) is 34.2 Å². The molecule has 0 bridgehead atoms. The Bertz CT molecular complexity index is 1070. The van der Waals surface area contributed by atoms with E-state index in [0.717, 1.165) is 60.1 Å². The van der Waals surface area contributed by atoms with E-state index in [9.17, 15) is 0 Å². The van der Waals surface area contributed by atoms with Gasteiger partial charge >= 0.3 is 0 Å². The number of hydrogen-bond donors (Lipinski definition) is 0. The van der Waals surface area contributed by atoms with Gasteiger partial charge in [-0.2, -0.15) is 0 Å². The van der Waals surface area contributed by atoms with E-state index in [0.29, 0.717) is 0 Å². The number of nitrogens with zero attached hydrogens (tertiary/aromatic N) is 8. The van der Waals surface area contributed by atoms with Crippen molar-refractivity contribution in [3.05, 3.63) is 48.8 Å². The number of aromatic nitrogens is 8. The molecule has 0 spiro atoms. The summed E-state index contributed by atoms with van der Waals surface area (Å²) in [5, 5.41) is 17.2. The fourth-order valence-electron chi connectivity index (χ4n) is 3.89. The average molecular weight is 459 g/mol. The highest BCUT2D eigenvalue weighted by atomic mass is 15.4. The fourth-order valence-corrected chi connectivity index (χ4v) is 3.89. The lowest BCUT2D eigenvalue weighted by atomic mass is 10.2. The van der Waals surface area contributed by atoms with Gasteiger partial charge in [0.25, 0.3) is 0 Å². The van der Waals surface area contributed by atoms with Crippen molar-refractivity contribution in [2.24, 2.45) is 0 Å². The van der Waals surface area contributed by atoms with Crippen molar-refractivity contribution in [3.8, 4) is 34.2 Å². The van der Waals surface area contributed by atoms with E-state index in [1.165, 1.54) is 38.5 Å². The normalized spacial score (nSPS) is 11.2. The van der Waals surface area contributed by atoms with Crippen LogP contribution in [0, 0.1) is 0 Å². The maximum atomic E-state index is 4.81. The molecule has 0 saturated heterocycles. The number of hydrogen-bond acceptors (Lipinski definition) is 6. The molecule has 178 valence electrons. The van der Waals surface area contributed by atoms with Gasteiger partial charge in [-0.3, -0.25) is 9.36 Å². The zero-order valence-electron chi connectivity index (χ0n) is 20.3. The summed E-state index contributed by atoms with van der Waals surface area (Å²) >= 11 is 0. The Morgan fingerprint density at radius 1 is 0.529 bits per heavy atom. The second kappa shape index (κ2) is 12.2. The highest BCUT2D eigenvalue weighted by molar-refractivity contribution is 5.64. The molecule has 8 heteroatoms. The van der Waals surface area contributed by atoms with E-state index in [1.807, 2.05) is 58.2 Å². The molecule has 4 aromatic rings. The molecule has 0 N–H and O–H groups in total. The van der Waals surface area contributed by atoms with E-state index in [2.05, 4.69) is 34.5 Å². The van der Waals surface area contributed by atoms with Gasteiger partial charge in [-0.05, 0) is 37.1 Å². The van der Waals surface area contributed by atoms with Crippen LogP contribution in [0.4, 0.5) is 0 Å². The van der Waals surface area contributed by atoms with Crippen LogP contribution in [0.15, 0.2) is 48.8 Å². The lowest BCUT2D eigenvalue weighted by Gasteiger charge is -2.04. The summed E-state index contributed by atoms with van der Waals surface area (Å²) < 4.78 is 3.81. The monoisotopic (exact) mass is 458 g/mol. The summed E-state index contributed by atoms with van der Waals surface area (Å²) in [6, 6.07) is 11.8. The smallest absolute Gasteiger partial charge is 0.131 e. The standard InChI is InChI=1S/C26H34N8/c1-3-5-7-9-17-33-19-25(29-31-33)23-15-11-13-21(27-23)22-14-12-16-24(28-22)26-20-34(32-30-26)18-10-8-6-4-2/h11-16,19-20H,3-10,17-18H2,1-2H3. The number of unbranched alkanes of at least 4 members (excludes halogenated alkanes) is 6. The Morgan fingerprint density at radius 2 is 0.941 bits per heavy atom. The summed E-state index contributed by atoms with van der Waals surface area (Å²) in [6.45, 7) is 6.21. The summed E-state index contributed by atoms with van der Waals surface area (Å²) in [6.07, 6.45) is 13.6. The summed E-state index contributed by atoms with van der Waals surface area (Å²) in [5.41, 5.74) is 4.73. The van der Waals surface area contributed by atoms with Gasteiger partial charge in [0, 0.05) is 13.1 Å². The van der Waals surface area contributed by atoms with Gasteiger partial charge in [0.15, 0.2) is 0 Å². The highest BCUT2D eigenvalue weighted by Crippen LogP contribution is 2.23. The molecule has 0 atom stereocenters. The van der Waals surface area contributed by atoms with Crippen LogP contribution in [0.2, 0.25) is 0 Å². The molecule has 0 aliphatic rings. The van der Waals surface area contributed by atoms with Crippen molar-refractivity contribution >= 4 is 0 Å². The molecule has 4 aromatic heterocycles. The molecule has 0 fully saturated rings. The van der Waals surface area contributed by atoms with E-state index < -0.39 is 0 Å². The van der Waals surface area contributed by atoms with Crippen LogP contribution >= 0.6 is 0 Å². The Hall–Kier alpha value is -3.42. The van der Waals surface area contributed by atoms with Crippen molar-refractivity contribution in [3.63, 3.8) is 0 Å². The summed E-state index contributed by atoms with van der Waals surface area (Å²) in [5.74, 6) is 0. The molecular weight excluding hydrogens is 424 g/mol. The first kappa shape index (κ1) is 23.7. The molecule has 0 aliphatic carbocycles. The molecule has 0 saturated carbocycles. The second-order valence-electron chi connectivity index (χ2n) is 8.67. The minimum absolute atomic E-state index is 0.777. The predicted octanol–water partition coefficient (Wildman–Crippen LogP) is 5.82. The molecule has 34 heavy (non-hydrogen) atoms. The molecule has 0 aliphatic heterocycles. The average Bonchev–Trinajstić information content (AvgIpc) is 3.55. The topological polar surface area (TPSA) is 87.2 Å². The Morgan fingerprint density at radius 3 is 1.35 bits per heavy atom. The largest absolute Gasteiger partial charge is 0.252 e. The van der Waals surface area contributed by atoms with Gasteiger partial charge in [0.2, 0.25) is 0 Å². The summed E-state index contributed by atoms with van der Waals surface area (Å²) in [4.78, 5) is 9.63. The van der Waals surface area contributed by atoms with Crippen LogP contribution in [0.3, 0.4) is 0 Å². The van der Waals surface area contributed by atoms with Crippen molar-refractivity contribution < 1.29 is 0 Å². The molecular formula is C26H34N8. The van der Waals surface area contributed by atoms with Crippen LogP contribution in [0.1, 0.15) is 65.2 Å². The first-order valence-corrected chi connectivity index (χ1v) is 12.5. The van der Waals surface area contributed by atoms with Crippen LogP contribution in [-0.2, 0) is 13.1 Å². The van der Waals surface area contributed by atoms with Crippen LogP contribution in [0.5, 0.6) is 0 Å².